The zero-order valence-electron chi connectivity index (χ0n) is 6.47. The third kappa shape index (κ3) is 2.76. The summed E-state index contributed by atoms with van der Waals surface area (Å²) in [5.41, 5.74) is 7.24. The van der Waals surface area contributed by atoms with E-state index in [1.54, 1.807) is 5.57 Å². The van der Waals surface area contributed by atoms with Crippen molar-refractivity contribution in [2.75, 3.05) is 11.5 Å². The fraction of sp³-hybridized carbons (Fsp3) is 0.750. The Morgan fingerprint density at radius 2 is 2.60 bits per heavy atom. The molecule has 1 heterocycles. The largest absolute Gasteiger partial charge is 0.328 e. The average Bonchev–Trinajstić information content (AvgIpc) is 1.88. The minimum Gasteiger partial charge on any atom is -0.328 e. The summed E-state index contributed by atoms with van der Waals surface area (Å²) in [6, 6.07) is 0.342. The number of thioether (sulfide) groups is 1. The maximum absolute atomic E-state index is 5.68. The van der Waals surface area contributed by atoms with Crippen LogP contribution in [-0.4, -0.2) is 17.5 Å². The first kappa shape index (κ1) is 8.15. The summed E-state index contributed by atoms with van der Waals surface area (Å²) in [7, 11) is 0. The number of hydrogen-bond donors (Lipinski definition) is 1. The normalized spacial score (nSPS) is 22.0. The SMILES string of the molecule is CC(N)CC1=CCSCC1. The van der Waals surface area contributed by atoms with Gasteiger partial charge in [-0.25, -0.2) is 0 Å². The highest BCUT2D eigenvalue weighted by Gasteiger charge is 2.04. The molecule has 0 radical (unpaired) electrons. The van der Waals surface area contributed by atoms with Crippen molar-refractivity contribution in [2.24, 2.45) is 5.73 Å². The van der Waals surface area contributed by atoms with E-state index in [4.69, 9.17) is 5.73 Å². The van der Waals surface area contributed by atoms with Crippen LogP contribution in [0, 0.1) is 0 Å². The van der Waals surface area contributed by atoms with Crippen LogP contribution in [0.4, 0.5) is 0 Å². The average molecular weight is 157 g/mol. The predicted octanol–water partition coefficient (Wildman–Crippen LogP) is 1.79. The summed E-state index contributed by atoms with van der Waals surface area (Å²) in [5, 5.41) is 0. The van der Waals surface area contributed by atoms with Gasteiger partial charge in [-0.2, -0.15) is 11.8 Å². The summed E-state index contributed by atoms with van der Waals surface area (Å²) >= 11 is 2.01. The van der Waals surface area contributed by atoms with Crippen molar-refractivity contribution in [1.82, 2.24) is 0 Å². The van der Waals surface area contributed by atoms with Crippen molar-refractivity contribution in [2.45, 2.75) is 25.8 Å². The molecule has 58 valence electrons. The molecule has 0 spiro atoms. The highest BCUT2D eigenvalue weighted by Crippen LogP contribution is 2.19. The van der Waals surface area contributed by atoms with E-state index in [0.717, 1.165) is 6.42 Å². The molecule has 1 aliphatic heterocycles. The van der Waals surface area contributed by atoms with Crippen molar-refractivity contribution >= 4 is 11.8 Å². The van der Waals surface area contributed by atoms with Crippen LogP contribution >= 0.6 is 11.8 Å². The van der Waals surface area contributed by atoms with Gasteiger partial charge in [0.1, 0.15) is 0 Å². The van der Waals surface area contributed by atoms with Crippen LogP contribution in [0.25, 0.3) is 0 Å². The zero-order valence-corrected chi connectivity index (χ0v) is 7.29. The van der Waals surface area contributed by atoms with E-state index in [1.807, 2.05) is 11.8 Å². The summed E-state index contributed by atoms with van der Waals surface area (Å²) in [6.45, 7) is 2.07. The Bertz CT molecular complexity index is 129. The quantitative estimate of drug-likeness (QED) is 0.618. The van der Waals surface area contributed by atoms with Gasteiger partial charge in [0, 0.05) is 11.8 Å². The van der Waals surface area contributed by atoms with E-state index in [9.17, 15) is 0 Å². The summed E-state index contributed by atoms with van der Waals surface area (Å²) < 4.78 is 0. The zero-order chi connectivity index (χ0) is 7.40. The van der Waals surface area contributed by atoms with Gasteiger partial charge in [0.25, 0.3) is 0 Å². The molecule has 0 saturated carbocycles. The fourth-order valence-corrected chi connectivity index (χ4v) is 2.09. The van der Waals surface area contributed by atoms with Crippen LogP contribution < -0.4 is 5.73 Å². The van der Waals surface area contributed by atoms with Gasteiger partial charge in [0.05, 0.1) is 0 Å². The standard InChI is InChI=1S/C8H15NS/c1-7(9)6-8-2-4-10-5-3-8/h2,7H,3-6,9H2,1H3. The van der Waals surface area contributed by atoms with Gasteiger partial charge < -0.3 is 5.73 Å². The van der Waals surface area contributed by atoms with E-state index < -0.39 is 0 Å². The van der Waals surface area contributed by atoms with Crippen molar-refractivity contribution in [1.29, 1.82) is 0 Å². The van der Waals surface area contributed by atoms with Gasteiger partial charge in [-0.05, 0) is 25.5 Å². The first-order chi connectivity index (χ1) is 4.79. The minimum atomic E-state index is 0.342. The molecule has 1 unspecified atom stereocenters. The van der Waals surface area contributed by atoms with Crippen molar-refractivity contribution in [3.63, 3.8) is 0 Å². The first-order valence-corrected chi connectivity index (χ1v) is 4.96. The molecule has 0 amide bonds. The molecule has 0 aromatic heterocycles. The molecule has 10 heavy (non-hydrogen) atoms. The van der Waals surface area contributed by atoms with Crippen LogP contribution in [0.2, 0.25) is 0 Å². The number of hydrogen-bond acceptors (Lipinski definition) is 2. The van der Waals surface area contributed by atoms with Crippen LogP contribution in [0.3, 0.4) is 0 Å². The highest BCUT2D eigenvalue weighted by molar-refractivity contribution is 7.99. The highest BCUT2D eigenvalue weighted by atomic mass is 32.2. The number of rotatable bonds is 2. The Labute approximate surface area is 67.1 Å². The van der Waals surface area contributed by atoms with Crippen molar-refractivity contribution in [3.05, 3.63) is 11.6 Å². The maximum Gasteiger partial charge on any atom is 0.0116 e. The molecule has 0 aromatic rings. The van der Waals surface area contributed by atoms with Crippen LogP contribution in [0.15, 0.2) is 11.6 Å². The lowest BCUT2D eigenvalue weighted by Gasteiger charge is -2.13. The molecule has 0 aromatic carbocycles. The Hall–Kier alpha value is 0.0500. The van der Waals surface area contributed by atoms with Crippen LogP contribution in [0.5, 0.6) is 0 Å². The molecular weight excluding hydrogens is 142 g/mol. The topological polar surface area (TPSA) is 26.0 Å². The van der Waals surface area contributed by atoms with E-state index in [0.29, 0.717) is 6.04 Å². The lowest BCUT2D eigenvalue weighted by atomic mass is 10.1. The van der Waals surface area contributed by atoms with Gasteiger partial charge in [-0.3, -0.25) is 0 Å². The van der Waals surface area contributed by atoms with E-state index in [-0.39, 0.29) is 0 Å². The molecule has 0 aliphatic carbocycles. The lowest BCUT2D eigenvalue weighted by Crippen LogP contribution is -2.16. The maximum atomic E-state index is 5.68. The summed E-state index contributed by atoms with van der Waals surface area (Å²) in [4.78, 5) is 0. The third-order valence-electron chi connectivity index (χ3n) is 1.64. The monoisotopic (exact) mass is 157 g/mol. The second-order valence-electron chi connectivity index (χ2n) is 2.87. The molecule has 0 saturated heterocycles. The Morgan fingerprint density at radius 3 is 3.10 bits per heavy atom. The minimum absolute atomic E-state index is 0.342. The Morgan fingerprint density at radius 1 is 1.80 bits per heavy atom. The van der Waals surface area contributed by atoms with Gasteiger partial charge >= 0.3 is 0 Å². The fourth-order valence-electron chi connectivity index (χ4n) is 1.16. The molecule has 1 atom stereocenters. The Balaban J connectivity index is 2.31. The van der Waals surface area contributed by atoms with E-state index in [2.05, 4.69) is 13.0 Å². The molecule has 1 nitrogen and oxygen atoms in total. The second kappa shape index (κ2) is 4.04. The predicted molar refractivity (Wildman–Crippen MR) is 48.3 cm³/mol. The van der Waals surface area contributed by atoms with Crippen LogP contribution in [-0.2, 0) is 0 Å². The number of nitrogens with two attached hydrogens (primary N) is 1. The van der Waals surface area contributed by atoms with Crippen molar-refractivity contribution in [3.8, 4) is 0 Å². The lowest BCUT2D eigenvalue weighted by molar-refractivity contribution is 0.713. The molecule has 0 fully saturated rings. The molecule has 1 aliphatic rings. The van der Waals surface area contributed by atoms with Crippen molar-refractivity contribution < 1.29 is 0 Å². The molecular formula is C8H15NS. The van der Waals surface area contributed by atoms with E-state index >= 15 is 0 Å². The smallest absolute Gasteiger partial charge is 0.0116 e. The van der Waals surface area contributed by atoms with Gasteiger partial charge in [0.15, 0.2) is 0 Å². The molecule has 2 N–H and O–H groups in total. The van der Waals surface area contributed by atoms with Gasteiger partial charge in [0.2, 0.25) is 0 Å². The van der Waals surface area contributed by atoms with Gasteiger partial charge in [-0.1, -0.05) is 11.6 Å². The van der Waals surface area contributed by atoms with Crippen LogP contribution in [0.1, 0.15) is 19.8 Å². The Kier molecular flexibility index (Phi) is 3.29. The van der Waals surface area contributed by atoms with Gasteiger partial charge in [-0.15, -0.1) is 0 Å². The third-order valence-corrected chi connectivity index (χ3v) is 2.54. The summed E-state index contributed by atoms with van der Waals surface area (Å²) in [5.74, 6) is 2.49. The first-order valence-electron chi connectivity index (χ1n) is 3.80. The summed E-state index contributed by atoms with van der Waals surface area (Å²) in [6.07, 6.45) is 4.68. The molecule has 1 rings (SSSR count). The molecule has 2 heteroatoms. The second-order valence-corrected chi connectivity index (χ2v) is 4.02. The van der Waals surface area contributed by atoms with E-state index in [1.165, 1.54) is 17.9 Å². The molecule has 0 bridgehead atoms.